The summed E-state index contributed by atoms with van der Waals surface area (Å²) in [6.07, 6.45) is -2.60. The highest BCUT2D eigenvalue weighted by molar-refractivity contribution is 6.04. The van der Waals surface area contributed by atoms with Gasteiger partial charge in [0.15, 0.2) is 0 Å². The Labute approximate surface area is 218 Å². The number of hydrogen-bond donors (Lipinski definition) is 3. The smallest absolute Gasteiger partial charge is 0.406 e. The van der Waals surface area contributed by atoms with Crippen molar-refractivity contribution in [3.8, 4) is 5.75 Å². The molecule has 0 atom stereocenters. The normalized spacial score (nSPS) is 11.2. The molecule has 3 amide bonds. The maximum Gasteiger partial charge on any atom is 0.573 e. The molecule has 0 bridgehead atoms. The summed E-state index contributed by atoms with van der Waals surface area (Å²) in [6, 6.07) is 14.6. The molecule has 3 aromatic rings. The zero-order chi connectivity index (χ0) is 27.7. The number of alkyl halides is 3. The average molecular weight is 531 g/mol. The number of amides is 3. The van der Waals surface area contributed by atoms with E-state index in [9.17, 15) is 22.8 Å². The first kappa shape index (κ1) is 28.3. The fraction of sp³-hybridized carbons (Fsp3) is 0.269. The van der Waals surface area contributed by atoms with Crippen molar-refractivity contribution in [3.05, 3.63) is 78.1 Å². The Hall–Kier alpha value is -4.32. The van der Waals surface area contributed by atoms with Crippen molar-refractivity contribution < 1.29 is 27.5 Å². The summed E-state index contributed by atoms with van der Waals surface area (Å²) in [5.41, 5.74) is 7.96. The van der Waals surface area contributed by atoms with E-state index >= 15 is 0 Å². The van der Waals surface area contributed by atoms with Gasteiger partial charge in [0.2, 0.25) is 0 Å². The van der Waals surface area contributed by atoms with Gasteiger partial charge < -0.3 is 30.9 Å². The number of nitrogens with one attached hydrogen (secondary N) is 2. The number of carbonyl (C=O) groups excluding carboxylic acids is 2. The fourth-order valence-electron chi connectivity index (χ4n) is 3.44. The third kappa shape index (κ3) is 8.96. The van der Waals surface area contributed by atoms with Crippen molar-refractivity contribution in [1.82, 2.24) is 14.8 Å². The quantitative estimate of drug-likeness (QED) is 0.325. The van der Waals surface area contributed by atoms with Gasteiger partial charge in [0.1, 0.15) is 11.4 Å². The first-order chi connectivity index (χ1) is 18.0. The molecule has 4 N–H and O–H groups in total. The molecule has 0 unspecified atom stereocenters. The number of carbonyl (C=O) groups is 2. The van der Waals surface area contributed by atoms with Gasteiger partial charge in [-0.2, -0.15) is 0 Å². The molecule has 0 aliphatic carbocycles. The second kappa shape index (κ2) is 12.8. The van der Waals surface area contributed by atoms with Crippen LogP contribution >= 0.6 is 0 Å². The van der Waals surface area contributed by atoms with Gasteiger partial charge in [-0.05, 0) is 75.1 Å². The van der Waals surface area contributed by atoms with Crippen molar-refractivity contribution in [2.24, 2.45) is 0 Å². The van der Waals surface area contributed by atoms with E-state index in [0.717, 1.165) is 18.7 Å². The van der Waals surface area contributed by atoms with Crippen LogP contribution in [-0.4, -0.2) is 60.3 Å². The molecule has 0 aliphatic heterocycles. The predicted molar refractivity (Wildman–Crippen MR) is 139 cm³/mol. The van der Waals surface area contributed by atoms with Crippen LogP contribution in [0.1, 0.15) is 22.5 Å². The lowest BCUT2D eigenvalue weighted by atomic mass is 10.2. The lowest BCUT2D eigenvalue weighted by molar-refractivity contribution is -0.274. The summed E-state index contributed by atoms with van der Waals surface area (Å²) >= 11 is 0. The minimum atomic E-state index is -4.80. The number of urea groups is 1. The van der Waals surface area contributed by atoms with Gasteiger partial charge in [0, 0.05) is 25.0 Å². The summed E-state index contributed by atoms with van der Waals surface area (Å²) < 4.78 is 41.0. The van der Waals surface area contributed by atoms with Gasteiger partial charge in [-0.1, -0.05) is 18.2 Å². The Morgan fingerprint density at radius 3 is 2.29 bits per heavy atom. The summed E-state index contributed by atoms with van der Waals surface area (Å²) in [5, 5.41) is 5.40. The van der Waals surface area contributed by atoms with E-state index in [-0.39, 0.29) is 18.0 Å². The van der Waals surface area contributed by atoms with Crippen molar-refractivity contribution in [2.75, 3.05) is 43.6 Å². The van der Waals surface area contributed by atoms with Gasteiger partial charge in [-0.3, -0.25) is 9.78 Å². The summed E-state index contributed by atoms with van der Waals surface area (Å²) in [6.45, 7) is 1.36. The van der Waals surface area contributed by atoms with Gasteiger partial charge in [-0.15, -0.1) is 13.2 Å². The SMILES string of the molecule is CN(C)CCCN(Cc1ccc(C(=O)Nc2ccccc2N)nc1)C(=O)Nc1ccc(OC(F)(F)F)cc1. The third-order valence-electron chi connectivity index (χ3n) is 5.30. The van der Waals surface area contributed by atoms with E-state index in [1.54, 1.807) is 41.3 Å². The zero-order valence-corrected chi connectivity index (χ0v) is 21.0. The van der Waals surface area contributed by atoms with E-state index in [0.29, 0.717) is 35.6 Å². The van der Waals surface area contributed by atoms with E-state index in [1.807, 2.05) is 19.0 Å². The van der Waals surface area contributed by atoms with Crippen molar-refractivity contribution in [2.45, 2.75) is 19.3 Å². The molecule has 0 aliphatic rings. The minimum Gasteiger partial charge on any atom is -0.406 e. The molecule has 202 valence electrons. The molecule has 3 rings (SSSR count). The first-order valence-corrected chi connectivity index (χ1v) is 11.7. The van der Waals surface area contributed by atoms with Crippen LogP contribution in [0.15, 0.2) is 66.9 Å². The number of nitrogens with two attached hydrogens (primary N) is 1. The molecule has 0 saturated heterocycles. The number of nitrogens with zero attached hydrogens (tertiary/aromatic N) is 3. The Balaban J connectivity index is 1.66. The second-order valence-corrected chi connectivity index (χ2v) is 8.67. The number of pyridine rings is 1. The number of anilines is 3. The Morgan fingerprint density at radius 1 is 0.974 bits per heavy atom. The number of aromatic nitrogens is 1. The highest BCUT2D eigenvalue weighted by Gasteiger charge is 2.31. The summed E-state index contributed by atoms with van der Waals surface area (Å²) in [4.78, 5) is 33.3. The monoisotopic (exact) mass is 530 g/mol. The van der Waals surface area contributed by atoms with E-state index in [1.165, 1.54) is 18.3 Å². The average Bonchev–Trinajstić information content (AvgIpc) is 2.85. The van der Waals surface area contributed by atoms with Crippen molar-refractivity contribution in [3.63, 3.8) is 0 Å². The lowest BCUT2D eigenvalue weighted by Crippen LogP contribution is -2.36. The minimum absolute atomic E-state index is 0.182. The van der Waals surface area contributed by atoms with Crippen LogP contribution in [-0.2, 0) is 6.54 Å². The standard InChI is InChI=1S/C26H29F3N6O3/c1-34(2)14-5-15-35(25(37)32-19-9-11-20(12-10-19)38-26(27,28)29)17-18-8-13-23(31-16-18)24(36)33-22-7-4-3-6-21(22)30/h3-4,6-13,16H,5,14-15,17,30H2,1-2H3,(H,32,37)(H,33,36). The second-order valence-electron chi connectivity index (χ2n) is 8.67. The predicted octanol–water partition coefficient (Wildman–Crippen LogP) is 4.80. The number of rotatable bonds is 10. The number of halogens is 3. The number of ether oxygens (including phenoxy) is 1. The van der Waals surface area contributed by atoms with Crippen LogP contribution in [0, 0.1) is 0 Å². The van der Waals surface area contributed by atoms with Crippen LogP contribution in [0.2, 0.25) is 0 Å². The molecule has 0 fully saturated rings. The fourth-order valence-corrected chi connectivity index (χ4v) is 3.44. The van der Waals surface area contributed by atoms with Gasteiger partial charge in [0.05, 0.1) is 11.4 Å². The Bertz CT molecular complexity index is 1220. The third-order valence-corrected chi connectivity index (χ3v) is 5.30. The molecule has 1 heterocycles. The Morgan fingerprint density at radius 2 is 1.68 bits per heavy atom. The van der Waals surface area contributed by atoms with E-state index in [2.05, 4.69) is 20.4 Å². The number of benzene rings is 2. The van der Waals surface area contributed by atoms with Gasteiger partial charge in [0.25, 0.3) is 5.91 Å². The molecule has 0 radical (unpaired) electrons. The molecule has 12 heteroatoms. The Kier molecular flexibility index (Phi) is 9.49. The van der Waals surface area contributed by atoms with Gasteiger partial charge in [-0.25, -0.2) is 4.79 Å². The van der Waals surface area contributed by atoms with E-state index < -0.39 is 18.3 Å². The molecule has 0 spiro atoms. The van der Waals surface area contributed by atoms with Crippen LogP contribution in [0.5, 0.6) is 5.75 Å². The maximum atomic E-state index is 13.0. The topological polar surface area (TPSA) is 113 Å². The first-order valence-electron chi connectivity index (χ1n) is 11.7. The molecule has 0 saturated carbocycles. The highest BCUT2D eigenvalue weighted by atomic mass is 19.4. The van der Waals surface area contributed by atoms with Crippen LogP contribution in [0.4, 0.5) is 35.0 Å². The zero-order valence-electron chi connectivity index (χ0n) is 21.0. The molecule has 2 aromatic carbocycles. The van der Waals surface area contributed by atoms with Crippen molar-refractivity contribution in [1.29, 1.82) is 0 Å². The largest absolute Gasteiger partial charge is 0.573 e. The van der Waals surface area contributed by atoms with Crippen molar-refractivity contribution >= 4 is 29.0 Å². The van der Waals surface area contributed by atoms with E-state index in [4.69, 9.17) is 5.73 Å². The van der Waals surface area contributed by atoms with Crippen LogP contribution in [0.3, 0.4) is 0 Å². The molecule has 1 aromatic heterocycles. The number of nitrogen functional groups attached to an aromatic ring is 1. The maximum absolute atomic E-state index is 13.0. The molecule has 9 nitrogen and oxygen atoms in total. The van der Waals surface area contributed by atoms with Crippen LogP contribution < -0.4 is 21.1 Å². The van der Waals surface area contributed by atoms with Crippen LogP contribution in [0.25, 0.3) is 0 Å². The number of para-hydroxylation sites is 2. The highest BCUT2D eigenvalue weighted by Crippen LogP contribution is 2.24. The van der Waals surface area contributed by atoms with Gasteiger partial charge >= 0.3 is 12.4 Å². The number of hydrogen-bond acceptors (Lipinski definition) is 6. The summed E-state index contributed by atoms with van der Waals surface area (Å²) in [5.74, 6) is -0.809. The lowest BCUT2D eigenvalue weighted by Gasteiger charge is -2.24. The molecular weight excluding hydrogens is 501 g/mol. The molecular formula is C26H29F3N6O3. The summed E-state index contributed by atoms with van der Waals surface area (Å²) in [7, 11) is 3.84. The molecule has 38 heavy (non-hydrogen) atoms.